The van der Waals surface area contributed by atoms with Gasteiger partial charge < -0.3 is 14.2 Å². The molecule has 3 rings (SSSR count). The summed E-state index contributed by atoms with van der Waals surface area (Å²) in [6.45, 7) is 1.85. The normalized spacial score (nSPS) is 10.8. The molecule has 0 fully saturated rings. The van der Waals surface area contributed by atoms with Gasteiger partial charge in [0.05, 0.1) is 25.6 Å². The number of anilines is 1. The van der Waals surface area contributed by atoms with Crippen molar-refractivity contribution in [3.05, 3.63) is 57.9 Å². The van der Waals surface area contributed by atoms with Gasteiger partial charge in [-0.25, -0.2) is 9.78 Å². The Morgan fingerprint density at radius 3 is 2.80 bits per heavy atom. The molecule has 1 N–H and O–H groups in total. The van der Waals surface area contributed by atoms with Crippen LogP contribution in [0.4, 0.5) is 5.13 Å². The number of carbonyl (C=O) groups is 1. The van der Waals surface area contributed by atoms with Crippen LogP contribution in [0.1, 0.15) is 12.5 Å². The van der Waals surface area contributed by atoms with E-state index < -0.39 is 5.97 Å². The van der Waals surface area contributed by atoms with Gasteiger partial charge in [0.15, 0.2) is 18.1 Å². The standard InChI is InChI=1S/C21H20BrN3O4S/c1-3-28-20(26)12-29-19-10-16(22)15(9-18(19)27-2)11-23-25-21-24-17(13-30-21)14-7-5-4-6-8-14/h4-11,13H,3,12H2,1-2H3,(H,24,25). The molecule has 0 radical (unpaired) electrons. The van der Waals surface area contributed by atoms with Gasteiger partial charge in [-0.15, -0.1) is 11.3 Å². The lowest BCUT2D eigenvalue weighted by atomic mass is 10.2. The minimum Gasteiger partial charge on any atom is -0.493 e. The predicted molar refractivity (Wildman–Crippen MR) is 122 cm³/mol. The second kappa shape index (κ2) is 10.7. The summed E-state index contributed by atoms with van der Waals surface area (Å²) in [6, 6.07) is 13.4. The molecule has 1 heterocycles. The van der Waals surface area contributed by atoms with Gasteiger partial charge in [0.1, 0.15) is 0 Å². The summed E-state index contributed by atoms with van der Waals surface area (Å²) in [5, 5.41) is 6.91. The molecule has 9 heteroatoms. The van der Waals surface area contributed by atoms with E-state index in [-0.39, 0.29) is 6.61 Å². The van der Waals surface area contributed by atoms with Gasteiger partial charge in [-0.05, 0) is 35.0 Å². The number of nitrogens with zero attached hydrogens (tertiary/aromatic N) is 2. The van der Waals surface area contributed by atoms with Crippen molar-refractivity contribution in [1.29, 1.82) is 0 Å². The second-order valence-corrected chi connectivity index (χ2v) is 7.60. The van der Waals surface area contributed by atoms with Crippen LogP contribution in [0.3, 0.4) is 0 Å². The van der Waals surface area contributed by atoms with Crippen LogP contribution in [-0.2, 0) is 9.53 Å². The zero-order valence-corrected chi connectivity index (χ0v) is 18.8. The van der Waals surface area contributed by atoms with Crippen LogP contribution in [0, 0.1) is 0 Å². The Morgan fingerprint density at radius 2 is 2.07 bits per heavy atom. The van der Waals surface area contributed by atoms with Crippen molar-refractivity contribution in [2.45, 2.75) is 6.92 Å². The van der Waals surface area contributed by atoms with E-state index >= 15 is 0 Å². The first kappa shape index (κ1) is 21.8. The lowest BCUT2D eigenvalue weighted by Crippen LogP contribution is -2.15. The summed E-state index contributed by atoms with van der Waals surface area (Å²) in [6.07, 6.45) is 1.64. The molecular weight excluding hydrogens is 470 g/mol. The molecule has 0 saturated heterocycles. The number of hydrazone groups is 1. The number of halogens is 1. The third-order valence-corrected chi connectivity index (χ3v) is 5.31. The average Bonchev–Trinajstić information content (AvgIpc) is 3.23. The maximum atomic E-state index is 11.5. The Hall–Kier alpha value is -2.91. The summed E-state index contributed by atoms with van der Waals surface area (Å²) in [7, 11) is 1.53. The topological polar surface area (TPSA) is 82.0 Å². The van der Waals surface area contributed by atoms with E-state index in [1.807, 2.05) is 35.7 Å². The fourth-order valence-electron chi connectivity index (χ4n) is 2.49. The lowest BCUT2D eigenvalue weighted by Gasteiger charge is -2.12. The second-order valence-electron chi connectivity index (χ2n) is 5.89. The fraction of sp³-hybridized carbons (Fsp3) is 0.190. The molecular formula is C21H20BrN3O4S. The third kappa shape index (κ3) is 5.80. The number of hydrogen-bond donors (Lipinski definition) is 1. The number of esters is 1. The van der Waals surface area contributed by atoms with Crippen LogP contribution in [0.2, 0.25) is 0 Å². The monoisotopic (exact) mass is 489 g/mol. The summed E-state index contributed by atoms with van der Waals surface area (Å²) in [5.74, 6) is 0.461. The highest BCUT2D eigenvalue weighted by Gasteiger charge is 2.12. The molecule has 1 aromatic heterocycles. The maximum absolute atomic E-state index is 11.5. The summed E-state index contributed by atoms with van der Waals surface area (Å²) in [4.78, 5) is 16.0. The van der Waals surface area contributed by atoms with E-state index in [1.165, 1.54) is 18.4 Å². The highest BCUT2D eigenvalue weighted by Crippen LogP contribution is 2.33. The fourth-order valence-corrected chi connectivity index (χ4v) is 3.58. The van der Waals surface area contributed by atoms with Crippen molar-refractivity contribution in [3.63, 3.8) is 0 Å². The van der Waals surface area contributed by atoms with Crippen LogP contribution in [-0.4, -0.2) is 37.5 Å². The van der Waals surface area contributed by atoms with Gasteiger partial charge in [-0.1, -0.05) is 30.3 Å². The molecule has 0 amide bonds. The highest BCUT2D eigenvalue weighted by atomic mass is 79.9. The van der Waals surface area contributed by atoms with Crippen molar-refractivity contribution in [2.24, 2.45) is 5.10 Å². The number of ether oxygens (including phenoxy) is 3. The molecule has 0 bridgehead atoms. The first-order chi connectivity index (χ1) is 14.6. The zero-order chi connectivity index (χ0) is 21.3. The van der Waals surface area contributed by atoms with E-state index in [0.717, 1.165) is 21.3 Å². The number of methoxy groups -OCH3 is 1. The first-order valence-electron chi connectivity index (χ1n) is 9.06. The Balaban J connectivity index is 1.67. The van der Waals surface area contributed by atoms with E-state index in [0.29, 0.717) is 23.2 Å². The number of thiazole rings is 1. The number of aromatic nitrogens is 1. The van der Waals surface area contributed by atoms with Gasteiger partial charge in [-0.2, -0.15) is 5.10 Å². The molecule has 0 saturated carbocycles. The Kier molecular flexibility index (Phi) is 7.81. The minimum absolute atomic E-state index is 0.195. The average molecular weight is 490 g/mol. The van der Waals surface area contributed by atoms with Crippen LogP contribution in [0.15, 0.2) is 57.4 Å². The van der Waals surface area contributed by atoms with Crippen LogP contribution in [0.25, 0.3) is 11.3 Å². The smallest absolute Gasteiger partial charge is 0.344 e. The van der Waals surface area contributed by atoms with Crippen molar-refractivity contribution in [2.75, 3.05) is 25.7 Å². The Morgan fingerprint density at radius 1 is 1.27 bits per heavy atom. The van der Waals surface area contributed by atoms with Crippen LogP contribution in [0.5, 0.6) is 11.5 Å². The van der Waals surface area contributed by atoms with Gasteiger partial charge >= 0.3 is 5.97 Å². The molecule has 156 valence electrons. The Labute approximate surface area is 186 Å². The van der Waals surface area contributed by atoms with Crippen molar-refractivity contribution in [3.8, 4) is 22.8 Å². The van der Waals surface area contributed by atoms with Crippen molar-refractivity contribution < 1.29 is 19.0 Å². The van der Waals surface area contributed by atoms with E-state index in [9.17, 15) is 4.79 Å². The first-order valence-corrected chi connectivity index (χ1v) is 10.7. The van der Waals surface area contributed by atoms with Gasteiger partial charge in [0.2, 0.25) is 5.13 Å². The molecule has 7 nitrogen and oxygen atoms in total. The molecule has 0 unspecified atom stereocenters. The largest absolute Gasteiger partial charge is 0.493 e. The number of benzene rings is 2. The SMILES string of the molecule is CCOC(=O)COc1cc(Br)c(C=NNc2nc(-c3ccccc3)cs2)cc1OC. The molecule has 2 aromatic carbocycles. The molecule has 0 aliphatic heterocycles. The molecule has 0 spiro atoms. The van der Waals surface area contributed by atoms with Crippen LogP contribution < -0.4 is 14.9 Å². The van der Waals surface area contributed by atoms with Gasteiger partial charge in [0, 0.05) is 21.0 Å². The van der Waals surface area contributed by atoms with Crippen molar-refractivity contribution >= 4 is 44.6 Å². The summed E-state index contributed by atoms with van der Waals surface area (Å²) >= 11 is 4.96. The zero-order valence-electron chi connectivity index (χ0n) is 16.4. The van der Waals surface area contributed by atoms with Gasteiger partial charge in [-0.3, -0.25) is 5.43 Å². The quantitative estimate of drug-likeness (QED) is 0.259. The minimum atomic E-state index is -0.441. The molecule has 0 aliphatic rings. The van der Waals surface area contributed by atoms with Gasteiger partial charge in [0.25, 0.3) is 0 Å². The lowest BCUT2D eigenvalue weighted by molar-refractivity contribution is -0.145. The number of hydrogen-bond acceptors (Lipinski definition) is 8. The number of rotatable bonds is 9. The maximum Gasteiger partial charge on any atom is 0.344 e. The van der Waals surface area contributed by atoms with Crippen LogP contribution >= 0.6 is 27.3 Å². The molecule has 30 heavy (non-hydrogen) atoms. The predicted octanol–water partition coefficient (Wildman–Crippen LogP) is 4.97. The Bertz CT molecular complexity index is 1020. The molecule has 0 aliphatic carbocycles. The van der Waals surface area contributed by atoms with E-state index in [1.54, 1.807) is 25.3 Å². The third-order valence-electron chi connectivity index (χ3n) is 3.87. The molecule has 3 aromatic rings. The van der Waals surface area contributed by atoms with Crippen molar-refractivity contribution in [1.82, 2.24) is 4.98 Å². The number of carbonyl (C=O) groups excluding carboxylic acids is 1. The van der Waals surface area contributed by atoms with E-state index in [2.05, 4.69) is 31.4 Å². The number of nitrogens with one attached hydrogen (secondary N) is 1. The summed E-state index contributed by atoms with van der Waals surface area (Å²) in [5.41, 5.74) is 5.65. The molecule has 0 atom stereocenters. The highest BCUT2D eigenvalue weighted by molar-refractivity contribution is 9.10. The van der Waals surface area contributed by atoms with E-state index in [4.69, 9.17) is 14.2 Å². The summed E-state index contributed by atoms with van der Waals surface area (Å²) < 4.78 is 16.5.